The van der Waals surface area contributed by atoms with Gasteiger partial charge >= 0.3 is 12.4 Å². The highest BCUT2D eigenvalue weighted by Crippen LogP contribution is 2.52. The Balaban J connectivity index is 1.91. The third kappa shape index (κ3) is 4.32. The smallest absolute Gasteiger partial charge is 0.430 e. The molecule has 0 bridgehead atoms. The standard InChI is InChI=1S/C28H22F6N6O3/c1-14-23(15(2)43-38-14)19-10-20-18(11-22(19)41-4)24-21(12-36-20)39(3)25(37-13-35)40(24)17-8-6-7-16(9-17)26(42-5,27(29,30)31)28(32,33)34/h6-12H,1-5H3. The van der Waals surface area contributed by atoms with Gasteiger partial charge in [0, 0.05) is 36.4 Å². The van der Waals surface area contributed by atoms with Crippen molar-refractivity contribution in [1.29, 1.82) is 5.26 Å². The first-order chi connectivity index (χ1) is 20.2. The summed E-state index contributed by atoms with van der Waals surface area (Å²) < 4.78 is 103. The maximum Gasteiger partial charge on any atom is 0.430 e. The monoisotopic (exact) mass is 604 g/mol. The number of aryl methyl sites for hydroxylation is 3. The van der Waals surface area contributed by atoms with Crippen LogP contribution in [0.25, 0.3) is 38.8 Å². The Labute approximate surface area is 239 Å². The van der Waals surface area contributed by atoms with E-state index in [0.29, 0.717) is 69.5 Å². The molecule has 9 nitrogen and oxygen atoms in total. The van der Waals surface area contributed by atoms with E-state index in [4.69, 9.17) is 9.26 Å². The molecule has 3 heterocycles. The molecule has 5 aromatic rings. The highest BCUT2D eigenvalue weighted by molar-refractivity contribution is 6.05. The van der Waals surface area contributed by atoms with Gasteiger partial charge in [0.25, 0.3) is 5.60 Å². The number of alkyl halides is 6. The van der Waals surface area contributed by atoms with E-state index < -0.39 is 23.5 Å². The Kier molecular flexibility index (Phi) is 7.00. The average molecular weight is 605 g/mol. The van der Waals surface area contributed by atoms with E-state index in [1.165, 1.54) is 35.6 Å². The number of ether oxygens (including phenoxy) is 2. The van der Waals surface area contributed by atoms with Crippen molar-refractivity contribution in [3.8, 4) is 28.8 Å². The van der Waals surface area contributed by atoms with Crippen molar-refractivity contribution in [1.82, 2.24) is 19.3 Å². The van der Waals surface area contributed by atoms with E-state index in [1.807, 2.05) is 0 Å². The van der Waals surface area contributed by atoms with Crippen LogP contribution in [-0.4, -0.2) is 45.8 Å². The number of pyridine rings is 1. The number of fused-ring (bicyclic) bond motifs is 3. The minimum absolute atomic E-state index is 0.0836. The number of rotatable bonds is 5. The van der Waals surface area contributed by atoms with Crippen molar-refractivity contribution < 1.29 is 40.3 Å². The molecule has 0 atom stereocenters. The van der Waals surface area contributed by atoms with Crippen molar-refractivity contribution in [2.75, 3.05) is 14.2 Å². The zero-order valence-corrected chi connectivity index (χ0v) is 23.2. The lowest BCUT2D eigenvalue weighted by Gasteiger charge is -2.36. The maximum absolute atomic E-state index is 14.1. The molecule has 224 valence electrons. The van der Waals surface area contributed by atoms with Crippen molar-refractivity contribution in [2.24, 2.45) is 12.0 Å². The van der Waals surface area contributed by atoms with Crippen molar-refractivity contribution >= 4 is 21.9 Å². The van der Waals surface area contributed by atoms with Gasteiger partial charge in [0.05, 0.1) is 41.1 Å². The van der Waals surface area contributed by atoms with Crippen LogP contribution in [0.15, 0.2) is 52.1 Å². The van der Waals surface area contributed by atoms with Crippen LogP contribution in [0.2, 0.25) is 0 Å². The highest BCUT2D eigenvalue weighted by atomic mass is 19.4. The fraction of sp³-hybridized carbons (Fsp3) is 0.286. The molecule has 0 saturated carbocycles. The van der Waals surface area contributed by atoms with Gasteiger partial charge in [0.15, 0.2) is 0 Å². The summed E-state index contributed by atoms with van der Waals surface area (Å²) in [5.74, 6) is 0.889. The van der Waals surface area contributed by atoms with E-state index in [9.17, 15) is 31.6 Å². The molecule has 15 heteroatoms. The third-order valence-corrected chi connectivity index (χ3v) is 7.29. The van der Waals surface area contributed by atoms with Crippen LogP contribution in [0.5, 0.6) is 5.75 Å². The number of halogens is 6. The molecule has 0 aliphatic rings. The summed E-state index contributed by atoms with van der Waals surface area (Å²) in [6.07, 6.45) is -8.61. The number of hydrogen-bond donors (Lipinski definition) is 0. The van der Waals surface area contributed by atoms with Gasteiger partial charge in [-0.25, -0.2) is 0 Å². The van der Waals surface area contributed by atoms with Crippen LogP contribution in [0.1, 0.15) is 17.0 Å². The number of imidazole rings is 1. The minimum Gasteiger partial charge on any atom is -0.496 e. The molecule has 5 rings (SSSR count). The van der Waals surface area contributed by atoms with Crippen molar-refractivity contribution in [3.63, 3.8) is 0 Å². The van der Waals surface area contributed by atoms with Gasteiger partial charge in [-0.1, -0.05) is 17.3 Å². The summed E-state index contributed by atoms with van der Waals surface area (Å²) in [5, 5.41) is 13.9. The molecule has 0 unspecified atom stereocenters. The molecule has 0 fully saturated rings. The predicted octanol–water partition coefficient (Wildman–Crippen LogP) is 6.15. The number of aromatic nitrogens is 4. The van der Waals surface area contributed by atoms with Crippen LogP contribution in [-0.2, 0) is 17.4 Å². The van der Waals surface area contributed by atoms with E-state index in [-0.39, 0.29) is 11.3 Å². The number of nitrogens with zero attached hydrogens (tertiary/aromatic N) is 6. The number of benzene rings is 2. The normalized spacial score (nSPS) is 13.2. The lowest BCUT2D eigenvalue weighted by Crippen LogP contribution is -2.55. The van der Waals surface area contributed by atoms with Crippen molar-refractivity contribution in [2.45, 2.75) is 31.8 Å². The van der Waals surface area contributed by atoms with Gasteiger partial charge < -0.3 is 18.6 Å². The van der Waals surface area contributed by atoms with Crippen LogP contribution >= 0.6 is 0 Å². The molecule has 0 aliphatic heterocycles. The molecule has 0 N–H and O–H groups in total. The second-order valence-electron chi connectivity index (χ2n) is 9.60. The molecule has 0 spiro atoms. The molecule has 0 aliphatic carbocycles. The lowest BCUT2D eigenvalue weighted by atomic mass is 9.91. The quantitative estimate of drug-likeness (QED) is 0.176. The first-order valence-corrected chi connectivity index (χ1v) is 12.5. The topological polar surface area (TPSA) is 103 Å². The van der Waals surface area contributed by atoms with Crippen molar-refractivity contribution in [3.05, 3.63) is 65.2 Å². The summed E-state index contributed by atoms with van der Waals surface area (Å²) in [6.45, 7) is 3.48. The van der Waals surface area contributed by atoms with E-state index in [0.717, 1.165) is 6.07 Å². The van der Waals surface area contributed by atoms with Crippen LogP contribution in [0, 0.1) is 25.3 Å². The van der Waals surface area contributed by atoms with E-state index in [1.54, 1.807) is 32.2 Å². The summed E-state index contributed by atoms with van der Waals surface area (Å²) in [5.41, 5.74) is -3.12. The minimum atomic E-state index is -5.86. The zero-order valence-electron chi connectivity index (χ0n) is 23.2. The zero-order chi connectivity index (χ0) is 31.5. The Bertz CT molecular complexity index is 1960. The van der Waals surface area contributed by atoms with Gasteiger partial charge in [-0.05, 0) is 38.1 Å². The van der Waals surface area contributed by atoms with E-state index >= 15 is 0 Å². The third-order valence-electron chi connectivity index (χ3n) is 7.29. The molecule has 3 aromatic heterocycles. The second-order valence-corrected chi connectivity index (χ2v) is 9.60. The SMILES string of the molecule is COc1cc2c(cc1-c1c(C)noc1C)ncc1c2n(-c2cccc(C(OC)(C(F)(F)F)C(F)(F)F)c2)c(=NC#N)n1C. The van der Waals surface area contributed by atoms with Crippen LogP contribution < -0.4 is 10.4 Å². The second kappa shape index (κ2) is 10.2. The summed E-state index contributed by atoms with van der Waals surface area (Å²) >= 11 is 0. The summed E-state index contributed by atoms with van der Waals surface area (Å²) in [4.78, 5) is 8.37. The Hall–Kier alpha value is -4.84. The van der Waals surface area contributed by atoms with Gasteiger partial charge in [-0.15, -0.1) is 4.99 Å². The lowest BCUT2D eigenvalue weighted by molar-refractivity contribution is -0.383. The van der Waals surface area contributed by atoms with E-state index in [2.05, 4.69) is 19.9 Å². The molecule has 2 aromatic carbocycles. The number of nitriles is 1. The fourth-order valence-electron chi connectivity index (χ4n) is 5.38. The fourth-order valence-corrected chi connectivity index (χ4v) is 5.38. The molecule has 0 saturated heterocycles. The maximum atomic E-state index is 14.1. The summed E-state index contributed by atoms with van der Waals surface area (Å²) in [6, 6.07) is 7.07. The van der Waals surface area contributed by atoms with Gasteiger partial charge in [0.2, 0.25) is 11.8 Å². The Morgan fingerprint density at radius 3 is 2.28 bits per heavy atom. The summed E-state index contributed by atoms with van der Waals surface area (Å²) in [7, 11) is 3.32. The predicted molar refractivity (Wildman–Crippen MR) is 141 cm³/mol. The first-order valence-electron chi connectivity index (χ1n) is 12.5. The Morgan fingerprint density at radius 2 is 1.72 bits per heavy atom. The van der Waals surface area contributed by atoms with Gasteiger partial charge in [0.1, 0.15) is 11.5 Å². The largest absolute Gasteiger partial charge is 0.496 e. The molecular weight excluding hydrogens is 582 g/mol. The Morgan fingerprint density at radius 1 is 1.02 bits per heavy atom. The molecule has 43 heavy (non-hydrogen) atoms. The molecule has 0 radical (unpaired) electrons. The number of methoxy groups -OCH3 is 2. The van der Waals surface area contributed by atoms with Crippen LogP contribution in [0.4, 0.5) is 26.3 Å². The van der Waals surface area contributed by atoms with Crippen LogP contribution in [0.3, 0.4) is 0 Å². The molecular formula is C28H22F6N6O3. The highest BCUT2D eigenvalue weighted by Gasteiger charge is 2.73. The number of hydrogen-bond acceptors (Lipinski definition) is 7. The van der Waals surface area contributed by atoms with Gasteiger partial charge in [-0.3, -0.25) is 9.55 Å². The average Bonchev–Trinajstić information content (AvgIpc) is 3.42. The first kappa shape index (κ1) is 29.6. The molecule has 0 amide bonds. The van der Waals surface area contributed by atoms with Gasteiger partial charge in [-0.2, -0.15) is 31.6 Å².